The number of allylic oxidation sites excluding steroid dienone is 1. The summed E-state index contributed by atoms with van der Waals surface area (Å²) in [6.45, 7) is 5.22. The number of methoxy groups -OCH3 is 2. The van der Waals surface area contributed by atoms with Crippen LogP contribution in [0.1, 0.15) is 43.9 Å². The Morgan fingerprint density at radius 1 is 1.19 bits per heavy atom. The molecule has 3 aromatic rings. The molecule has 2 aromatic carbocycles. The summed E-state index contributed by atoms with van der Waals surface area (Å²) in [7, 11) is 3.02. The summed E-state index contributed by atoms with van der Waals surface area (Å²) in [4.78, 5) is 45.8. The van der Waals surface area contributed by atoms with Crippen LogP contribution in [-0.2, 0) is 9.53 Å². The predicted octanol–water partition coefficient (Wildman–Crippen LogP) is 4.09. The van der Waals surface area contributed by atoms with Gasteiger partial charge in [-0.3, -0.25) is 19.5 Å². The fourth-order valence-electron chi connectivity index (χ4n) is 5.32. The zero-order valence-corrected chi connectivity index (χ0v) is 25.9. The van der Waals surface area contributed by atoms with Crippen LogP contribution in [0.5, 0.6) is 11.5 Å². The summed E-state index contributed by atoms with van der Waals surface area (Å²) < 4.78 is 18.7. The number of nitro benzene ring substituents is 1. The van der Waals surface area contributed by atoms with E-state index < -0.39 is 22.5 Å². The Balaban J connectivity index is 1.77. The first-order chi connectivity index (χ1) is 20.2. The molecule has 0 N–H and O–H groups in total. The maximum atomic E-state index is 14.2. The first kappa shape index (κ1) is 29.5. The van der Waals surface area contributed by atoms with Crippen LogP contribution in [-0.4, -0.2) is 49.4 Å². The second-order valence-corrected chi connectivity index (χ2v) is 11.6. The second-order valence-electron chi connectivity index (χ2n) is 9.73. The van der Waals surface area contributed by atoms with Crippen LogP contribution >= 0.6 is 27.3 Å². The quantitative estimate of drug-likeness (QED) is 0.202. The van der Waals surface area contributed by atoms with E-state index >= 15 is 0 Å². The van der Waals surface area contributed by atoms with E-state index in [-0.39, 0.29) is 17.9 Å². The molecule has 13 heteroatoms. The Morgan fingerprint density at radius 2 is 1.88 bits per heavy atom. The summed E-state index contributed by atoms with van der Waals surface area (Å²) >= 11 is 4.76. The van der Waals surface area contributed by atoms with Gasteiger partial charge in [-0.25, -0.2) is 9.79 Å². The van der Waals surface area contributed by atoms with Crippen LogP contribution in [0.4, 0.5) is 11.4 Å². The highest BCUT2D eigenvalue weighted by Gasteiger charge is 2.35. The van der Waals surface area contributed by atoms with Crippen LogP contribution in [0.2, 0.25) is 0 Å². The zero-order valence-electron chi connectivity index (χ0n) is 23.5. The van der Waals surface area contributed by atoms with Crippen LogP contribution in [0.15, 0.2) is 55.9 Å². The molecule has 0 amide bonds. The minimum absolute atomic E-state index is 0.0652. The van der Waals surface area contributed by atoms with Crippen molar-refractivity contribution >= 4 is 50.7 Å². The van der Waals surface area contributed by atoms with Crippen molar-refractivity contribution < 1.29 is 23.9 Å². The summed E-state index contributed by atoms with van der Waals surface area (Å²) in [5.74, 6) is 0.302. The highest BCUT2D eigenvalue weighted by atomic mass is 79.9. The molecule has 2 aliphatic rings. The van der Waals surface area contributed by atoms with Crippen molar-refractivity contribution in [2.24, 2.45) is 4.99 Å². The minimum atomic E-state index is -0.889. The molecule has 3 heterocycles. The summed E-state index contributed by atoms with van der Waals surface area (Å²) in [6, 6.07) is 7.25. The summed E-state index contributed by atoms with van der Waals surface area (Å²) in [5, 5.41) is 11.6. The van der Waals surface area contributed by atoms with Gasteiger partial charge in [0, 0.05) is 40.9 Å². The van der Waals surface area contributed by atoms with Crippen LogP contribution < -0.4 is 29.3 Å². The van der Waals surface area contributed by atoms with Crippen LogP contribution in [0.3, 0.4) is 0 Å². The van der Waals surface area contributed by atoms with Crippen LogP contribution in [0.25, 0.3) is 6.08 Å². The van der Waals surface area contributed by atoms with Gasteiger partial charge >= 0.3 is 5.97 Å². The number of halogens is 1. The molecule has 2 aliphatic heterocycles. The van der Waals surface area contributed by atoms with Gasteiger partial charge in [-0.1, -0.05) is 27.3 Å². The molecule has 1 atom stereocenters. The van der Waals surface area contributed by atoms with E-state index in [0.717, 1.165) is 43.0 Å². The average Bonchev–Trinajstić information content (AvgIpc) is 3.60. The number of non-ortho nitro benzene ring substituents is 1. The molecule has 1 aromatic heterocycles. The lowest BCUT2D eigenvalue weighted by molar-refractivity contribution is -0.384. The maximum Gasteiger partial charge on any atom is 0.338 e. The molecule has 1 saturated heterocycles. The third-order valence-electron chi connectivity index (χ3n) is 7.27. The summed E-state index contributed by atoms with van der Waals surface area (Å²) in [5.41, 5.74) is 2.15. The fourth-order valence-corrected chi connectivity index (χ4v) is 6.90. The van der Waals surface area contributed by atoms with Crippen molar-refractivity contribution in [1.29, 1.82) is 0 Å². The number of carbonyl (C=O) groups excluding carboxylic acids is 1. The van der Waals surface area contributed by atoms with Crippen molar-refractivity contribution in [2.75, 3.05) is 38.8 Å². The topological polar surface area (TPSA) is 126 Å². The third kappa shape index (κ3) is 5.34. The summed E-state index contributed by atoms with van der Waals surface area (Å²) in [6.07, 6.45) is 3.72. The Labute approximate surface area is 253 Å². The number of nitro groups is 1. The lowest BCUT2D eigenvalue weighted by atomic mass is 9.95. The largest absolute Gasteiger partial charge is 0.493 e. The number of aromatic nitrogens is 1. The number of ether oxygens (including phenoxy) is 3. The average molecular weight is 658 g/mol. The van der Waals surface area contributed by atoms with Crippen molar-refractivity contribution in [2.45, 2.75) is 32.7 Å². The molecule has 0 radical (unpaired) electrons. The first-order valence-electron chi connectivity index (χ1n) is 13.3. The molecule has 11 nitrogen and oxygen atoms in total. The molecule has 1 fully saturated rings. The number of rotatable bonds is 8. The number of hydrogen-bond donors (Lipinski definition) is 0. The zero-order chi connectivity index (χ0) is 30.1. The molecule has 0 spiro atoms. The fraction of sp³-hybridized carbons (Fsp3) is 0.345. The Hall–Kier alpha value is -3.97. The Kier molecular flexibility index (Phi) is 8.50. The van der Waals surface area contributed by atoms with Crippen molar-refractivity contribution in [3.05, 3.63) is 87.0 Å². The lowest BCUT2D eigenvalue weighted by Gasteiger charge is -2.26. The number of carbonyl (C=O) groups is 1. The highest BCUT2D eigenvalue weighted by molar-refractivity contribution is 9.10. The van der Waals surface area contributed by atoms with Crippen molar-refractivity contribution in [3.8, 4) is 11.5 Å². The van der Waals surface area contributed by atoms with E-state index in [1.165, 1.54) is 30.9 Å². The second kappa shape index (κ2) is 12.1. The van der Waals surface area contributed by atoms with Gasteiger partial charge in [0.05, 0.1) is 47.6 Å². The number of anilines is 1. The van der Waals surface area contributed by atoms with E-state index in [9.17, 15) is 19.7 Å². The molecule has 0 aliphatic carbocycles. The monoisotopic (exact) mass is 656 g/mol. The molecule has 220 valence electrons. The van der Waals surface area contributed by atoms with Gasteiger partial charge in [-0.2, -0.15) is 0 Å². The number of thiazole rings is 1. The van der Waals surface area contributed by atoms with E-state index in [4.69, 9.17) is 14.2 Å². The molecule has 42 heavy (non-hydrogen) atoms. The van der Waals surface area contributed by atoms with Crippen LogP contribution in [0, 0.1) is 10.1 Å². The van der Waals surface area contributed by atoms with E-state index in [1.807, 2.05) is 0 Å². The maximum absolute atomic E-state index is 14.2. The highest BCUT2D eigenvalue weighted by Crippen LogP contribution is 2.41. The van der Waals surface area contributed by atoms with Gasteiger partial charge < -0.3 is 19.1 Å². The molecular formula is C29H29BrN4O7S. The van der Waals surface area contributed by atoms with E-state index in [0.29, 0.717) is 42.1 Å². The van der Waals surface area contributed by atoms with Gasteiger partial charge in [-0.05, 0) is 56.5 Å². The van der Waals surface area contributed by atoms with Crippen molar-refractivity contribution in [3.63, 3.8) is 0 Å². The Morgan fingerprint density at radius 3 is 2.52 bits per heavy atom. The number of benzene rings is 2. The number of nitrogens with zero attached hydrogens (tertiary/aromatic N) is 4. The van der Waals surface area contributed by atoms with Gasteiger partial charge in [0.15, 0.2) is 16.3 Å². The van der Waals surface area contributed by atoms with Gasteiger partial charge in [-0.15, -0.1) is 0 Å². The number of hydrogen-bond acceptors (Lipinski definition) is 10. The Bertz CT molecular complexity index is 1790. The van der Waals surface area contributed by atoms with E-state index in [2.05, 4.69) is 25.8 Å². The molecule has 0 bridgehead atoms. The van der Waals surface area contributed by atoms with Crippen molar-refractivity contribution in [1.82, 2.24) is 4.57 Å². The minimum Gasteiger partial charge on any atom is -0.493 e. The molecule has 5 rings (SSSR count). The standard InChI is InChI=1S/C29H29BrN4O7S/c1-5-41-28(36)25-16(2)31-29-33(26(25)19-14-22(39-3)23(40-4)15-20(19)30)27(35)24(42-29)13-17-12-18(34(37)38)8-9-21(17)32-10-6-7-11-32/h8-9,12-15,26H,5-7,10-11H2,1-4H3. The molecular weight excluding hydrogens is 628 g/mol. The van der Waals surface area contributed by atoms with Gasteiger partial charge in [0.1, 0.15) is 0 Å². The normalized spacial score (nSPS) is 16.7. The smallest absolute Gasteiger partial charge is 0.338 e. The lowest BCUT2D eigenvalue weighted by Crippen LogP contribution is -2.40. The molecule has 1 unspecified atom stereocenters. The number of esters is 1. The SMILES string of the molecule is CCOC(=O)C1=C(C)N=c2sc(=Cc3cc([N+](=O)[O-])ccc3N3CCCC3)c(=O)n2C1c1cc(OC)c(OC)cc1Br. The van der Waals surface area contributed by atoms with Gasteiger partial charge in [0.2, 0.25) is 0 Å². The van der Waals surface area contributed by atoms with Gasteiger partial charge in [0.25, 0.3) is 11.2 Å². The molecule has 0 saturated carbocycles. The third-order valence-corrected chi connectivity index (χ3v) is 8.94. The first-order valence-corrected chi connectivity index (χ1v) is 14.9. The number of fused-ring (bicyclic) bond motifs is 1. The predicted molar refractivity (Wildman–Crippen MR) is 162 cm³/mol. The van der Waals surface area contributed by atoms with E-state index in [1.54, 1.807) is 38.1 Å².